The molecule has 156 valence electrons. The summed E-state index contributed by atoms with van der Waals surface area (Å²) in [7, 11) is 0. The smallest absolute Gasteiger partial charge is 0.123 e. The minimum Gasteiger partial charge on any atom is -1.00 e. The summed E-state index contributed by atoms with van der Waals surface area (Å²) < 4.78 is 18.6. The molecule has 1 N–H and O–H groups in total. The summed E-state index contributed by atoms with van der Waals surface area (Å²) in [5, 5.41) is 10.9. The van der Waals surface area contributed by atoms with E-state index < -0.39 is 6.10 Å². The molecule has 1 aliphatic rings. The van der Waals surface area contributed by atoms with Crippen LogP contribution in [0.4, 0.5) is 10.1 Å². The molecule has 1 aliphatic heterocycles. The standard InChI is InChI=1S/C20H24ClFN2O2.2ClH/c21-17-3-1-16(2-4-17)14-26-15-20(25)13-23-9-11-24(12-10-23)19-7-5-18(22)6-8-19;;/h1-8,20,25H,9-15H2;2*1H/p-2. The molecule has 2 aromatic rings. The van der Waals surface area contributed by atoms with Crippen molar-refractivity contribution in [3.8, 4) is 0 Å². The van der Waals surface area contributed by atoms with Crippen molar-refractivity contribution in [2.24, 2.45) is 0 Å². The zero-order chi connectivity index (χ0) is 18.4. The van der Waals surface area contributed by atoms with Gasteiger partial charge in [-0.05, 0) is 42.0 Å². The van der Waals surface area contributed by atoms with Crippen LogP contribution in [0.25, 0.3) is 0 Å². The van der Waals surface area contributed by atoms with E-state index >= 15 is 0 Å². The van der Waals surface area contributed by atoms with Crippen molar-refractivity contribution in [1.82, 2.24) is 4.90 Å². The molecule has 0 aliphatic carbocycles. The van der Waals surface area contributed by atoms with Gasteiger partial charge in [0.1, 0.15) is 5.82 Å². The normalized spacial score (nSPS) is 15.5. The van der Waals surface area contributed by atoms with Gasteiger partial charge in [0.25, 0.3) is 0 Å². The first-order chi connectivity index (χ1) is 12.6. The molecule has 4 nitrogen and oxygen atoms in total. The molecule has 0 radical (unpaired) electrons. The van der Waals surface area contributed by atoms with Crippen molar-refractivity contribution in [2.75, 3.05) is 44.2 Å². The van der Waals surface area contributed by atoms with E-state index in [4.69, 9.17) is 16.3 Å². The summed E-state index contributed by atoms with van der Waals surface area (Å²) in [5.41, 5.74) is 2.08. The molecular formula is C20H24Cl3FN2O2-2. The van der Waals surface area contributed by atoms with E-state index in [1.807, 2.05) is 36.4 Å². The fourth-order valence-electron chi connectivity index (χ4n) is 3.08. The fourth-order valence-corrected chi connectivity index (χ4v) is 3.21. The monoisotopic (exact) mass is 448 g/mol. The van der Waals surface area contributed by atoms with Gasteiger partial charge in [-0.1, -0.05) is 23.7 Å². The maximum absolute atomic E-state index is 13.0. The Labute approximate surface area is 183 Å². The summed E-state index contributed by atoms with van der Waals surface area (Å²) in [6, 6.07) is 14.1. The Balaban J connectivity index is 0.00000196. The minimum absolute atomic E-state index is 0. The second-order valence-corrected chi connectivity index (χ2v) is 7.00. The molecular weight excluding hydrogens is 426 g/mol. The second-order valence-electron chi connectivity index (χ2n) is 6.56. The number of aliphatic hydroxyl groups excluding tert-OH is 1. The van der Waals surface area contributed by atoms with Gasteiger partial charge >= 0.3 is 0 Å². The minimum atomic E-state index is -0.514. The van der Waals surface area contributed by atoms with Crippen LogP contribution in [0.3, 0.4) is 0 Å². The Hall–Kier alpha value is -1.08. The number of β-amino-alcohol motifs (C(OH)–C–C–N with tert-alkyl or cyclic N) is 1. The average Bonchev–Trinajstić information content (AvgIpc) is 2.65. The van der Waals surface area contributed by atoms with Crippen LogP contribution in [-0.4, -0.2) is 55.4 Å². The van der Waals surface area contributed by atoms with E-state index in [0.29, 0.717) is 24.8 Å². The molecule has 0 spiro atoms. The number of anilines is 1. The van der Waals surface area contributed by atoms with Crippen LogP contribution < -0.4 is 29.7 Å². The largest absolute Gasteiger partial charge is 1.00 e. The Kier molecular flexibility index (Phi) is 11.1. The highest BCUT2D eigenvalue weighted by molar-refractivity contribution is 6.30. The van der Waals surface area contributed by atoms with Gasteiger partial charge in [-0.15, -0.1) is 0 Å². The lowest BCUT2D eigenvalue weighted by molar-refractivity contribution is -0.00100. The Morgan fingerprint density at radius 2 is 1.57 bits per heavy atom. The lowest BCUT2D eigenvalue weighted by Gasteiger charge is -2.36. The lowest BCUT2D eigenvalue weighted by Crippen LogP contribution is -3.00. The third-order valence-corrected chi connectivity index (χ3v) is 4.78. The zero-order valence-electron chi connectivity index (χ0n) is 15.4. The third kappa shape index (κ3) is 7.74. The van der Waals surface area contributed by atoms with Crippen molar-refractivity contribution < 1.29 is 39.0 Å². The molecule has 0 saturated carbocycles. The first-order valence-corrected chi connectivity index (χ1v) is 9.21. The number of benzene rings is 2. The summed E-state index contributed by atoms with van der Waals surface area (Å²) >= 11 is 5.85. The van der Waals surface area contributed by atoms with Crippen molar-refractivity contribution in [1.29, 1.82) is 0 Å². The van der Waals surface area contributed by atoms with Crippen LogP contribution in [-0.2, 0) is 11.3 Å². The highest BCUT2D eigenvalue weighted by Crippen LogP contribution is 2.17. The quantitative estimate of drug-likeness (QED) is 0.495. The number of nitrogens with zero attached hydrogens (tertiary/aromatic N) is 2. The van der Waals surface area contributed by atoms with Crippen LogP contribution in [0, 0.1) is 5.82 Å². The van der Waals surface area contributed by atoms with Crippen LogP contribution in [0.1, 0.15) is 5.56 Å². The molecule has 1 atom stereocenters. The molecule has 3 rings (SSSR count). The molecule has 2 aromatic carbocycles. The first-order valence-electron chi connectivity index (χ1n) is 8.83. The number of halogens is 4. The molecule has 0 aromatic heterocycles. The van der Waals surface area contributed by atoms with Crippen LogP contribution in [0.5, 0.6) is 0 Å². The van der Waals surface area contributed by atoms with Gasteiger partial charge in [0.15, 0.2) is 0 Å². The molecule has 0 bridgehead atoms. The number of hydrogen-bond acceptors (Lipinski definition) is 4. The highest BCUT2D eigenvalue weighted by Gasteiger charge is 2.19. The van der Waals surface area contributed by atoms with Gasteiger partial charge in [-0.3, -0.25) is 4.90 Å². The number of rotatable bonds is 7. The molecule has 0 amide bonds. The van der Waals surface area contributed by atoms with E-state index in [0.717, 1.165) is 37.4 Å². The van der Waals surface area contributed by atoms with E-state index in [-0.39, 0.29) is 30.6 Å². The summed E-state index contributed by atoms with van der Waals surface area (Å²) in [6.45, 7) is 4.83. The van der Waals surface area contributed by atoms with Crippen LogP contribution in [0.15, 0.2) is 48.5 Å². The number of piperazine rings is 1. The number of aliphatic hydroxyl groups is 1. The molecule has 8 heteroatoms. The summed E-state index contributed by atoms with van der Waals surface area (Å²) in [5.74, 6) is -0.214. The molecule has 1 fully saturated rings. The first kappa shape index (κ1) is 25.0. The van der Waals surface area contributed by atoms with E-state index in [9.17, 15) is 9.50 Å². The topological polar surface area (TPSA) is 35.9 Å². The predicted octanol–water partition coefficient (Wildman–Crippen LogP) is -2.81. The Morgan fingerprint density at radius 3 is 2.18 bits per heavy atom. The van der Waals surface area contributed by atoms with Crippen molar-refractivity contribution in [2.45, 2.75) is 12.7 Å². The van der Waals surface area contributed by atoms with Crippen molar-refractivity contribution >= 4 is 17.3 Å². The SMILES string of the molecule is OC(COCc1ccc(Cl)cc1)CN1CCN(c2ccc(F)cc2)CC1.[Cl-].[Cl-]. The third-order valence-electron chi connectivity index (χ3n) is 4.53. The van der Waals surface area contributed by atoms with E-state index in [1.54, 1.807) is 0 Å². The molecule has 1 heterocycles. The van der Waals surface area contributed by atoms with Gasteiger partial charge < -0.3 is 39.6 Å². The number of ether oxygens (including phenoxy) is 1. The highest BCUT2D eigenvalue weighted by atomic mass is 35.5. The number of hydrogen-bond donors (Lipinski definition) is 1. The molecule has 1 unspecified atom stereocenters. The Bertz CT molecular complexity index is 681. The summed E-state index contributed by atoms with van der Waals surface area (Å²) in [4.78, 5) is 4.47. The maximum Gasteiger partial charge on any atom is 0.123 e. The molecule has 1 saturated heterocycles. The van der Waals surface area contributed by atoms with E-state index in [2.05, 4.69) is 9.80 Å². The van der Waals surface area contributed by atoms with Gasteiger partial charge in [0, 0.05) is 43.4 Å². The fraction of sp³-hybridized carbons (Fsp3) is 0.400. The average molecular weight is 450 g/mol. The van der Waals surface area contributed by atoms with Gasteiger partial charge in [-0.2, -0.15) is 0 Å². The van der Waals surface area contributed by atoms with Crippen LogP contribution >= 0.6 is 11.6 Å². The summed E-state index contributed by atoms with van der Waals surface area (Å²) in [6.07, 6.45) is -0.514. The van der Waals surface area contributed by atoms with Crippen molar-refractivity contribution in [3.05, 3.63) is 64.9 Å². The van der Waals surface area contributed by atoms with Gasteiger partial charge in [-0.25, -0.2) is 4.39 Å². The predicted molar refractivity (Wildman–Crippen MR) is 102 cm³/mol. The lowest BCUT2D eigenvalue weighted by atomic mass is 10.2. The van der Waals surface area contributed by atoms with Crippen LogP contribution in [0.2, 0.25) is 5.02 Å². The van der Waals surface area contributed by atoms with Gasteiger partial charge in [0.05, 0.1) is 19.3 Å². The van der Waals surface area contributed by atoms with Gasteiger partial charge in [0.2, 0.25) is 0 Å². The Morgan fingerprint density at radius 1 is 0.964 bits per heavy atom. The maximum atomic E-state index is 13.0. The van der Waals surface area contributed by atoms with Crippen molar-refractivity contribution in [3.63, 3.8) is 0 Å². The van der Waals surface area contributed by atoms with E-state index in [1.165, 1.54) is 12.1 Å². The molecule has 28 heavy (non-hydrogen) atoms. The second kappa shape index (κ2) is 12.5. The zero-order valence-corrected chi connectivity index (χ0v) is 17.7.